The number of rotatable bonds is 4. The van der Waals surface area contributed by atoms with Crippen LogP contribution < -0.4 is 4.74 Å². The molecule has 1 aromatic rings. The Bertz CT molecular complexity index is 478. The van der Waals surface area contributed by atoms with E-state index in [2.05, 4.69) is 9.98 Å². The lowest BCUT2D eigenvalue weighted by Gasteiger charge is -2.22. The summed E-state index contributed by atoms with van der Waals surface area (Å²) < 4.78 is 11.1. The highest BCUT2D eigenvalue weighted by atomic mass is 127. The van der Waals surface area contributed by atoms with Crippen LogP contribution in [-0.2, 0) is 11.3 Å². The van der Waals surface area contributed by atoms with Crippen molar-refractivity contribution in [1.29, 1.82) is 0 Å². The van der Waals surface area contributed by atoms with Crippen LogP contribution in [0.15, 0.2) is 23.3 Å². The van der Waals surface area contributed by atoms with E-state index >= 15 is 0 Å². The molecule has 1 aliphatic heterocycles. The zero-order valence-corrected chi connectivity index (χ0v) is 16.0. The average molecular weight is 420 g/mol. The lowest BCUT2D eigenvalue weighted by Crippen LogP contribution is -2.35. The molecule has 1 atom stereocenters. The second kappa shape index (κ2) is 9.14. The van der Waals surface area contributed by atoms with E-state index in [9.17, 15) is 0 Å². The van der Waals surface area contributed by atoms with Gasteiger partial charge < -0.3 is 19.3 Å². The smallest absolute Gasteiger partial charge is 0.213 e. The summed E-state index contributed by atoms with van der Waals surface area (Å²) in [7, 11) is 7.94. The molecule has 0 bridgehead atoms. The van der Waals surface area contributed by atoms with Crippen LogP contribution in [0.3, 0.4) is 0 Å². The van der Waals surface area contributed by atoms with E-state index in [1.807, 2.05) is 50.1 Å². The van der Waals surface area contributed by atoms with Gasteiger partial charge in [0.1, 0.15) is 6.10 Å². The Morgan fingerprint density at radius 2 is 2.09 bits per heavy atom. The van der Waals surface area contributed by atoms with Gasteiger partial charge in [0.2, 0.25) is 5.88 Å². The molecule has 1 unspecified atom stereocenters. The fraction of sp³-hybridized carbons (Fsp3) is 0.600. The van der Waals surface area contributed by atoms with Crippen molar-refractivity contribution in [3.8, 4) is 5.88 Å². The Balaban J connectivity index is 0.00000242. The van der Waals surface area contributed by atoms with Gasteiger partial charge in [-0.25, -0.2) is 9.98 Å². The van der Waals surface area contributed by atoms with Crippen molar-refractivity contribution >= 4 is 29.9 Å². The third-order valence-corrected chi connectivity index (χ3v) is 3.18. The highest BCUT2D eigenvalue weighted by Gasteiger charge is 2.17. The summed E-state index contributed by atoms with van der Waals surface area (Å²) in [5, 5.41) is 0. The van der Waals surface area contributed by atoms with Gasteiger partial charge in [-0.1, -0.05) is 0 Å². The number of hydrogen-bond acceptors (Lipinski definition) is 4. The molecule has 0 aromatic carbocycles. The number of ether oxygens (including phenoxy) is 2. The van der Waals surface area contributed by atoms with Gasteiger partial charge in [0, 0.05) is 46.9 Å². The van der Waals surface area contributed by atoms with E-state index < -0.39 is 0 Å². The Labute approximate surface area is 149 Å². The molecule has 1 aliphatic rings. The van der Waals surface area contributed by atoms with Crippen molar-refractivity contribution in [3.63, 3.8) is 0 Å². The van der Waals surface area contributed by atoms with Gasteiger partial charge in [0.05, 0.1) is 19.8 Å². The number of pyridine rings is 1. The van der Waals surface area contributed by atoms with Crippen molar-refractivity contribution in [2.75, 3.05) is 41.4 Å². The van der Waals surface area contributed by atoms with E-state index in [4.69, 9.17) is 9.47 Å². The highest BCUT2D eigenvalue weighted by Crippen LogP contribution is 2.16. The van der Waals surface area contributed by atoms with Gasteiger partial charge in [-0.15, -0.1) is 24.0 Å². The Kier molecular flexibility index (Phi) is 7.88. The van der Waals surface area contributed by atoms with Gasteiger partial charge in [-0.05, 0) is 11.6 Å². The maximum Gasteiger partial charge on any atom is 0.213 e. The number of hydrogen-bond donors (Lipinski definition) is 0. The van der Waals surface area contributed by atoms with Crippen LogP contribution in [0.5, 0.6) is 5.88 Å². The molecule has 0 aliphatic carbocycles. The van der Waals surface area contributed by atoms with Gasteiger partial charge in [-0.3, -0.25) is 0 Å². The molecule has 6 nitrogen and oxygen atoms in total. The van der Waals surface area contributed by atoms with E-state index in [-0.39, 0.29) is 30.1 Å². The van der Waals surface area contributed by atoms with Crippen LogP contribution in [0.4, 0.5) is 0 Å². The third kappa shape index (κ3) is 5.60. The number of aromatic nitrogens is 1. The summed E-state index contributed by atoms with van der Waals surface area (Å²) in [6, 6.07) is 3.91. The molecule has 2 heterocycles. The maximum absolute atomic E-state index is 5.81. The molecule has 22 heavy (non-hydrogen) atoms. The normalized spacial score (nSPS) is 16.6. The first-order chi connectivity index (χ1) is 10.1. The lowest BCUT2D eigenvalue weighted by atomic mass is 10.2. The zero-order valence-electron chi connectivity index (χ0n) is 13.7. The summed E-state index contributed by atoms with van der Waals surface area (Å²) >= 11 is 0. The molecule has 0 spiro atoms. The van der Waals surface area contributed by atoms with Gasteiger partial charge in [0.15, 0.2) is 5.96 Å². The van der Waals surface area contributed by atoms with Crippen molar-refractivity contribution in [2.24, 2.45) is 4.99 Å². The molecule has 2 rings (SSSR count). The van der Waals surface area contributed by atoms with Crippen LogP contribution >= 0.6 is 24.0 Å². The number of aliphatic imine (C=N–C) groups is 1. The number of guanidine groups is 1. The summed E-state index contributed by atoms with van der Waals surface area (Å²) in [6.45, 7) is 2.02. The molecule has 0 radical (unpaired) electrons. The van der Waals surface area contributed by atoms with Gasteiger partial charge >= 0.3 is 0 Å². The van der Waals surface area contributed by atoms with E-state index in [1.165, 1.54) is 0 Å². The topological polar surface area (TPSA) is 50.2 Å². The maximum atomic E-state index is 5.81. The second-order valence-electron chi connectivity index (χ2n) is 5.51. The molecule has 1 saturated heterocycles. The predicted molar refractivity (Wildman–Crippen MR) is 98.0 cm³/mol. The molecule has 7 heteroatoms. The van der Waals surface area contributed by atoms with Crippen molar-refractivity contribution in [3.05, 3.63) is 23.9 Å². The molecule has 124 valence electrons. The second-order valence-corrected chi connectivity index (χ2v) is 5.51. The SMILES string of the molecule is CN(C)C(=NCc1ccnc(OC2CCOC2)c1)N(C)C.I. The number of halogens is 1. The molecular weight excluding hydrogens is 395 g/mol. The third-order valence-electron chi connectivity index (χ3n) is 3.18. The zero-order chi connectivity index (χ0) is 15.2. The molecular formula is C15H25IN4O2. The minimum absolute atomic E-state index is 0. The molecule has 0 amide bonds. The monoisotopic (exact) mass is 420 g/mol. The Hall–Kier alpha value is -1.09. The van der Waals surface area contributed by atoms with Gasteiger partial charge in [-0.2, -0.15) is 0 Å². The standard InChI is InChI=1S/C15H24N4O2.HI/c1-18(2)15(19(3)4)17-10-12-5-7-16-14(9-12)21-13-6-8-20-11-13;/h5,7,9,13H,6,8,10-11H2,1-4H3;1H. The first-order valence-corrected chi connectivity index (χ1v) is 7.14. The van der Waals surface area contributed by atoms with E-state index in [0.717, 1.165) is 24.6 Å². The Morgan fingerprint density at radius 1 is 1.36 bits per heavy atom. The van der Waals surface area contributed by atoms with Crippen LogP contribution in [0.25, 0.3) is 0 Å². The molecule has 0 N–H and O–H groups in total. The predicted octanol–water partition coefficient (Wildman–Crippen LogP) is 1.85. The average Bonchev–Trinajstić information content (AvgIpc) is 2.91. The summed E-state index contributed by atoms with van der Waals surface area (Å²) in [6.07, 6.45) is 2.81. The van der Waals surface area contributed by atoms with Gasteiger partial charge in [0.25, 0.3) is 0 Å². The van der Waals surface area contributed by atoms with Crippen molar-refractivity contribution in [2.45, 2.75) is 19.1 Å². The lowest BCUT2D eigenvalue weighted by molar-refractivity contribution is 0.138. The first-order valence-electron chi connectivity index (χ1n) is 7.14. The van der Waals surface area contributed by atoms with Crippen molar-refractivity contribution in [1.82, 2.24) is 14.8 Å². The minimum atomic E-state index is 0. The highest BCUT2D eigenvalue weighted by molar-refractivity contribution is 14.0. The summed E-state index contributed by atoms with van der Waals surface area (Å²) in [5.74, 6) is 1.58. The van der Waals surface area contributed by atoms with Crippen LogP contribution in [-0.4, -0.2) is 68.3 Å². The van der Waals surface area contributed by atoms with E-state index in [1.54, 1.807) is 6.20 Å². The fourth-order valence-electron chi connectivity index (χ4n) is 2.23. The molecule has 1 aromatic heterocycles. The van der Waals surface area contributed by atoms with Crippen LogP contribution in [0.1, 0.15) is 12.0 Å². The number of nitrogens with zero attached hydrogens (tertiary/aromatic N) is 4. The minimum Gasteiger partial charge on any atom is -0.472 e. The molecule has 1 fully saturated rings. The molecule has 0 saturated carbocycles. The first kappa shape index (κ1) is 19.0. The van der Waals surface area contributed by atoms with Crippen LogP contribution in [0, 0.1) is 0 Å². The van der Waals surface area contributed by atoms with Crippen LogP contribution in [0.2, 0.25) is 0 Å². The quantitative estimate of drug-likeness (QED) is 0.423. The summed E-state index contributed by atoms with van der Waals surface area (Å²) in [4.78, 5) is 12.9. The Morgan fingerprint density at radius 3 is 2.68 bits per heavy atom. The largest absolute Gasteiger partial charge is 0.472 e. The summed E-state index contributed by atoms with van der Waals surface area (Å²) in [5.41, 5.74) is 1.08. The van der Waals surface area contributed by atoms with Crippen molar-refractivity contribution < 1.29 is 9.47 Å². The van der Waals surface area contributed by atoms with E-state index in [0.29, 0.717) is 19.0 Å². The fourth-order valence-corrected chi connectivity index (χ4v) is 2.23.